The maximum atomic E-state index is 11.0. The third kappa shape index (κ3) is 1.97. The molecule has 1 aromatic rings. The molecule has 1 aliphatic heterocycles. The van der Waals surface area contributed by atoms with Crippen LogP contribution in [-0.2, 0) is 13.1 Å². The van der Waals surface area contributed by atoms with Crippen molar-refractivity contribution >= 4 is 24.1 Å². The van der Waals surface area contributed by atoms with E-state index in [9.17, 15) is 4.79 Å². The molecule has 4 nitrogen and oxygen atoms in total. The van der Waals surface area contributed by atoms with Gasteiger partial charge >= 0.3 is 6.03 Å². The molecule has 1 heterocycles. The quantitative estimate of drug-likeness (QED) is 0.656. The minimum Gasteiger partial charge on any atom is -0.334 e. The second kappa shape index (κ2) is 4.30. The molecule has 2 amide bonds. The Labute approximate surface area is 88.3 Å². The molecule has 0 aromatic heterocycles. The van der Waals surface area contributed by atoms with Crippen LogP contribution in [0.25, 0.3) is 0 Å². The van der Waals surface area contributed by atoms with Gasteiger partial charge in [0.1, 0.15) is 0 Å². The van der Waals surface area contributed by atoms with Crippen LogP contribution in [-0.4, -0.2) is 6.03 Å². The molecule has 76 valence electrons. The Kier molecular flexibility index (Phi) is 3.33. The van der Waals surface area contributed by atoms with Crippen LogP contribution in [0.1, 0.15) is 11.1 Å². The van der Waals surface area contributed by atoms with E-state index in [1.165, 1.54) is 0 Å². The van der Waals surface area contributed by atoms with Gasteiger partial charge in [0, 0.05) is 18.8 Å². The van der Waals surface area contributed by atoms with Gasteiger partial charge in [-0.15, -0.1) is 12.4 Å². The number of carbonyl (C=O) groups is 1. The lowest BCUT2D eigenvalue weighted by Gasteiger charge is -2.18. The van der Waals surface area contributed by atoms with Crippen LogP contribution in [0.5, 0.6) is 0 Å². The zero-order valence-corrected chi connectivity index (χ0v) is 8.36. The summed E-state index contributed by atoms with van der Waals surface area (Å²) in [5.41, 5.74) is 8.48. The molecule has 0 fully saturated rings. The zero-order valence-electron chi connectivity index (χ0n) is 7.54. The van der Waals surface area contributed by atoms with Gasteiger partial charge in [-0.25, -0.2) is 4.79 Å². The Balaban J connectivity index is 0.000000980. The van der Waals surface area contributed by atoms with Crippen LogP contribution in [0.2, 0.25) is 0 Å². The molecule has 0 unspecified atom stereocenters. The van der Waals surface area contributed by atoms with Gasteiger partial charge in [0.25, 0.3) is 0 Å². The molecule has 0 atom stereocenters. The molecule has 0 saturated carbocycles. The van der Waals surface area contributed by atoms with E-state index in [2.05, 4.69) is 10.6 Å². The number of nitrogens with one attached hydrogen (secondary N) is 2. The van der Waals surface area contributed by atoms with Crippen molar-refractivity contribution in [3.63, 3.8) is 0 Å². The van der Waals surface area contributed by atoms with Crippen LogP contribution in [0.15, 0.2) is 18.2 Å². The van der Waals surface area contributed by atoms with Crippen molar-refractivity contribution in [2.24, 2.45) is 5.73 Å². The lowest BCUT2D eigenvalue weighted by Crippen LogP contribution is -2.33. The number of carbonyl (C=O) groups excluding carboxylic acids is 1. The van der Waals surface area contributed by atoms with Crippen LogP contribution >= 0.6 is 12.4 Å². The number of urea groups is 1. The van der Waals surface area contributed by atoms with E-state index < -0.39 is 0 Å². The van der Waals surface area contributed by atoms with E-state index in [1.54, 1.807) is 0 Å². The summed E-state index contributed by atoms with van der Waals surface area (Å²) in [4.78, 5) is 11.0. The fourth-order valence-electron chi connectivity index (χ4n) is 1.36. The first-order chi connectivity index (χ1) is 6.29. The van der Waals surface area contributed by atoms with Gasteiger partial charge in [0.15, 0.2) is 0 Å². The molecule has 0 bridgehead atoms. The van der Waals surface area contributed by atoms with Crippen molar-refractivity contribution in [3.8, 4) is 0 Å². The molecule has 2 rings (SSSR count). The zero-order chi connectivity index (χ0) is 9.26. The maximum absolute atomic E-state index is 11.0. The Bertz CT molecular complexity index is 354. The topological polar surface area (TPSA) is 67.1 Å². The lowest BCUT2D eigenvalue weighted by molar-refractivity contribution is 0.251. The largest absolute Gasteiger partial charge is 0.334 e. The molecule has 14 heavy (non-hydrogen) atoms. The normalized spacial score (nSPS) is 13.4. The molecular weight excluding hydrogens is 202 g/mol. The second-order valence-electron chi connectivity index (χ2n) is 3.00. The van der Waals surface area contributed by atoms with Crippen molar-refractivity contribution in [1.82, 2.24) is 5.32 Å². The molecule has 1 aromatic carbocycles. The van der Waals surface area contributed by atoms with Crippen LogP contribution in [0, 0.1) is 0 Å². The smallest absolute Gasteiger partial charge is 0.319 e. The van der Waals surface area contributed by atoms with Crippen molar-refractivity contribution in [3.05, 3.63) is 29.3 Å². The summed E-state index contributed by atoms with van der Waals surface area (Å²) in [6, 6.07) is 5.71. The lowest BCUT2D eigenvalue weighted by atomic mass is 10.1. The number of halogens is 1. The first-order valence-corrected chi connectivity index (χ1v) is 4.16. The molecule has 0 radical (unpaired) electrons. The van der Waals surface area contributed by atoms with Crippen molar-refractivity contribution in [2.45, 2.75) is 13.1 Å². The van der Waals surface area contributed by atoms with Gasteiger partial charge in [-0.05, 0) is 17.2 Å². The first kappa shape index (κ1) is 10.8. The highest BCUT2D eigenvalue weighted by Gasteiger charge is 2.12. The van der Waals surface area contributed by atoms with Crippen molar-refractivity contribution < 1.29 is 4.79 Å². The summed E-state index contributed by atoms with van der Waals surface area (Å²) in [6.07, 6.45) is 0. The highest BCUT2D eigenvalue weighted by molar-refractivity contribution is 5.92. The summed E-state index contributed by atoms with van der Waals surface area (Å²) < 4.78 is 0. The van der Waals surface area contributed by atoms with Gasteiger partial charge in [0.2, 0.25) is 0 Å². The second-order valence-corrected chi connectivity index (χ2v) is 3.00. The number of anilines is 1. The summed E-state index contributed by atoms with van der Waals surface area (Å²) >= 11 is 0. The van der Waals surface area contributed by atoms with E-state index in [-0.39, 0.29) is 18.4 Å². The van der Waals surface area contributed by atoms with Crippen LogP contribution in [0.4, 0.5) is 10.5 Å². The van der Waals surface area contributed by atoms with E-state index >= 15 is 0 Å². The van der Waals surface area contributed by atoms with Gasteiger partial charge in [-0.1, -0.05) is 12.1 Å². The van der Waals surface area contributed by atoms with Gasteiger partial charge in [-0.3, -0.25) is 0 Å². The highest BCUT2D eigenvalue weighted by Crippen LogP contribution is 2.20. The molecule has 1 aliphatic rings. The number of benzene rings is 1. The predicted molar refractivity (Wildman–Crippen MR) is 57.4 cm³/mol. The molecule has 5 heteroatoms. The van der Waals surface area contributed by atoms with Crippen LogP contribution in [0.3, 0.4) is 0 Å². The van der Waals surface area contributed by atoms with Crippen molar-refractivity contribution in [2.75, 3.05) is 5.32 Å². The standard InChI is InChI=1S/C9H11N3O.ClH/c10-4-6-1-2-7-5-11-9(13)12-8(7)3-6;/h1-3H,4-5,10H2,(H2,11,12,13);1H. The van der Waals surface area contributed by atoms with Gasteiger partial charge in [-0.2, -0.15) is 0 Å². The Morgan fingerprint density at radius 3 is 2.93 bits per heavy atom. The van der Waals surface area contributed by atoms with Crippen LogP contribution < -0.4 is 16.4 Å². The minimum atomic E-state index is -0.151. The average Bonchev–Trinajstić information content (AvgIpc) is 2.16. The van der Waals surface area contributed by atoms with Crippen molar-refractivity contribution in [1.29, 1.82) is 0 Å². The fraction of sp³-hybridized carbons (Fsp3) is 0.222. The summed E-state index contributed by atoms with van der Waals surface area (Å²) in [6.45, 7) is 1.09. The number of fused-ring (bicyclic) bond motifs is 1. The van der Waals surface area contributed by atoms with Gasteiger partial charge < -0.3 is 16.4 Å². The number of rotatable bonds is 1. The van der Waals surface area contributed by atoms with E-state index in [4.69, 9.17) is 5.73 Å². The molecule has 0 saturated heterocycles. The third-order valence-electron chi connectivity index (χ3n) is 2.10. The Morgan fingerprint density at radius 2 is 2.21 bits per heavy atom. The number of hydrogen-bond donors (Lipinski definition) is 3. The van der Waals surface area contributed by atoms with Gasteiger partial charge in [0.05, 0.1) is 0 Å². The average molecular weight is 214 g/mol. The molecule has 4 N–H and O–H groups in total. The molecular formula is C9H12ClN3O. The monoisotopic (exact) mass is 213 g/mol. The third-order valence-corrected chi connectivity index (χ3v) is 2.10. The fourth-order valence-corrected chi connectivity index (χ4v) is 1.36. The molecule has 0 spiro atoms. The van der Waals surface area contributed by atoms with E-state index in [1.807, 2.05) is 18.2 Å². The predicted octanol–water partition coefficient (Wildman–Crippen LogP) is 1.20. The number of amides is 2. The first-order valence-electron chi connectivity index (χ1n) is 4.16. The van der Waals surface area contributed by atoms with E-state index in [0.717, 1.165) is 16.8 Å². The number of nitrogens with two attached hydrogens (primary N) is 1. The summed E-state index contributed by atoms with van der Waals surface area (Å²) in [7, 11) is 0. The Morgan fingerprint density at radius 1 is 1.43 bits per heavy atom. The SMILES string of the molecule is Cl.NCc1ccc2c(c1)NC(=O)NC2. The minimum absolute atomic E-state index is 0. The maximum Gasteiger partial charge on any atom is 0.319 e. The highest BCUT2D eigenvalue weighted by atomic mass is 35.5. The molecule has 0 aliphatic carbocycles. The Hall–Kier alpha value is -1.26. The summed E-state index contributed by atoms with van der Waals surface area (Å²) in [5.74, 6) is 0. The summed E-state index contributed by atoms with van der Waals surface area (Å²) in [5, 5.41) is 5.42. The number of hydrogen-bond acceptors (Lipinski definition) is 2. The van der Waals surface area contributed by atoms with E-state index in [0.29, 0.717) is 13.1 Å².